The Morgan fingerprint density at radius 2 is 1.73 bits per heavy atom. The van der Waals surface area contributed by atoms with Crippen molar-refractivity contribution in [1.29, 1.82) is 0 Å². The lowest BCUT2D eigenvalue weighted by Crippen LogP contribution is -2.52. The van der Waals surface area contributed by atoms with Crippen LogP contribution in [0.5, 0.6) is 11.5 Å². The molecule has 172 valence electrons. The molecule has 4 rings (SSSR count). The van der Waals surface area contributed by atoms with Crippen molar-refractivity contribution < 1.29 is 19.4 Å². The highest BCUT2D eigenvalue weighted by molar-refractivity contribution is 6.04. The molecule has 3 aromatic carbocycles. The molecule has 3 N–H and O–H groups in total. The third kappa shape index (κ3) is 5.18. The van der Waals surface area contributed by atoms with Crippen molar-refractivity contribution in [2.45, 2.75) is 38.0 Å². The smallest absolute Gasteiger partial charge is 0.255 e. The molecule has 1 heterocycles. The van der Waals surface area contributed by atoms with E-state index in [4.69, 9.17) is 9.47 Å². The largest absolute Gasteiger partial charge is 0.497 e. The lowest BCUT2D eigenvalue weighted by atomic mass is 9.86. The predicted molar refractivity (Wildman–Crippen MR) is 129 cm³/mol. The van der Waals surface area contributed by atoms with Crippen LogP contribution in [0.2, 0.25) is 0 Å². The summed E-state index contributed by atoms with van der Waals surface area (Å²) < 4.78 is 11.1. The van der Waals surface area contributed by atoms with Crippen LogP contribution in [0.25, 0.3) is 0 Å². The van der Waals surface area contributed by atoms with Crippen molar-refractivity contribution in [2.75, 3.05) is 19.0 Å². The van der Waals surface area contributed by atoms with Gasteiger partial charge in [0.05, 0.1) is 13.2 Å². The van der Waals surface area contributed by atoms with Gasteiger partial charge in [-0.1, -0.05) is 30.3 Å². The van der Waals surface area contributed by atoms with E-state index in [1.165, 1.54) is 0 Å². The van der Waals surface area contributed by atoms with E-state index in [0.717, 1.165) is 29.0 Å². The molecule has 0 fully saturated rings. The number of aliphatic hydroxyl groups is 1. The van der Waals surface area contributed by atoms with E-state index in [1.54, 1.807) is 31.4 Å². The number of rotatable bonds is 7. The maximum absolute atomic E-state index is 12.4. The van der Waals surface area contributed by atoms with Gasteiger partial charge in [-0.05, 0) is 74.8 Å². The van der Waals surface area contributed by atoms with Gasteiger partial charge in [0.1, 0.15) is 23.2 Å². The third-order valence-corrected chi connectivity index (χ3v) is 6.00. The number of anilines is 1. The quantitative estimate of drug-likeness (QED) is 0.503. The van der Waals surface area contributed by atoms with E-state index in [-0.39, 0.29) is 11.9 Å². The fourth-order valence-electron chi connectivity index (χ4n) is 4.04. The molecule has 1 aliphatic heterocycles. The number of nitrogens with one attached hydrogen (secondary N) is 2. The first kappa shape index (κ1) is 22.8. The van der Waals surface area contributed by atoms with Crippen LogP contribution >= 0.6 is 0 Å². The standard InChI is InChI=1S/C27H30N2O4/c1-27(2)25(30)24(22-6-4-5-7-23(22)33-27)28-17-16-18-8-12-20(13-9-18)29-26(31)19-10-14-21(32-3)15-11-19/h4-15,24-25,28,30H,16-17H2,1-3H3,(H,29,31). The van der Waals surface area contributed by atoms with Gasteiger partial charge in [0, 0.05) is 16.8 Å². The van der Waals surface area contributed by atoms with Crippen molar-refractivity contribution in [3.05, 3.63) is 89.5 Å². The van der Waals surface area contributed by atoms with Gasteiger partial charge in [-0.15, -0.1) is 0 Å². The summed E-state index contributed by atoms with van der Waals surface area (Å²) in [7, 11) is 1.59. The zero-order chi connectivity index (χ0) is 23.4. The number of hydrogen-bond donors (Lipinski definition) is 3. The molecule has 6 heteroatoms. The SMILES string of the molecule is COc1ccc(C(=O)Nc2ccc(CCNC3c4ccccc4OC(C)(C)C3O)cc2)cc1. The number of methoxy groups -OCH3 is 1. The Hall–Kier alpha value is -3.35. The summed E-state index contributed by atoms with van der Waals surface area (Å²) in [4.78, 5) is 12.4. The molecular weight excluding hydrogens is 416 g/mol. The molecule has 0 spiro atoms. The zero-order valence-electron chi connectivity index (χ0n) is 19.2. The number of fused-ring (bicyclic) bond motifs is 1. The second-order valence-electron chi connectivity index (χ2n) is 8.75. The minimum absolute atomic E-state index is 0.165. The van der Waals surface area contributed by atoms with E-state index >= 15 is 0 Å². The fraction of sp³-hybridized carbons (Fsp3) is 0.296. The van der Waals surface area contributed by atoms with Gasteiger partial charge in [-0.25, -0.2) is 0 Å². The van der Waals surface area contributed by atoms with Crippen molar-refractivity contribution in [3.8, 4) is 11.5 Å². The predicted octanol–water partition coefficient (Wildman–Crippen LogP) is 4.35. The van der Waals surface area contributed by atoms with E-state index in [1.807, 2.05) is 62.4 Å². The first-order valence-corrected chi connectivity index (χ1v) is 11.1. The number of carbonyl (C=O) groups is 1. The number of benzene rings is 3. The summed E-state index contributed by atoms with van der Waals surface area (Å²) in [5.74, 6) is 1.36. The Labute approximate surface area is 194 Å². The van der Waals surface area contributed by atoms with Gasteiger partial charge < -0.3 is 25.2 Å². The maximum Gasteiger partial charge on any atom is 0.255 e. The Kier molecular flexibility index (Phi) is 6.67. The first-order chi connectivity index (χ1) is 15.9. The molecule has 0 bridgehead atoms. The van der Waals surface area contributed by atoms with Gasteiger partial charge in [0.25, 0.3) is 5.91 Å². The first-order valence-electron chi connectivity index (χ1n) is 11.1. The van der Waals surface area contributed by atoms with Crippen LogP contribution in [0.1, 0.15) is 41.4 Å². The molecule has 2 atom stereocenters. The second kappa shape index (κ2) is 9.65. The Morgan fingerprint density at radius 1 is 1.03 bits per heavy atom. The van der Waals surface area contributed by atoms with E-state index < -0.39 is 11.7 Å². The summed E-state index contributed by atoms with van der Waals surface area (Å²) in [5, 5.41) is 17.3. The van der Waals surface area contributed by atoms with Gasteiger partial charge in [0.15, 0.2) is 0 Å². The van der Waals surface area contributed by atoms with E-state index in [0.29, 0.717) is 17.9 Å². The lowest BCUT2D eigenvalue weighted by molar-refractivity contribution is -0.0643. The molecule has 0 saturated carbocycles. The van der Waals surface area contributed by atoms with Crippen LogP contribution < -0.4 is 20.1 Å². The monoisotopic (exact) mass is 446 g/mol. The number of ether oxygens (including phenoxy) is 2. The van der Waals surface area contributed by atoms with E-state index in [2.05, 4.69) is 10.6 Å². The van der Waals surface area contributed by atoms with Crippen LogP contribution in [0.15, 0.2) is 72.8 Å². The van der Waals surface area contributed by atoms with Crippen molar-refractivity contribution in [3.63, 3.8) is 0 Å². The molecule has 0 aromatic heterocycles. The van der Waals surface area contributed by atoms with Crippen LogP contribution in [0.3, 0.4) is 0 Å². The highest BCUT2D eigenvalue weighted by Gasteiger charge is 2.42. The summed E-state index contributed by atoms with van der Waals surface area (Å²) in [6.07, 6.45) is 0.127. The molecule has 6 nitrogen and oxygen atoms in total. The number of amides is 1. The molecule has 1 aliphatic rings. The van der Waals surface area contributed by atoms with Crippen LogP contribution in [0, 0.1) is 0 Å². The van der Waals surface area contributed by atoms with Crippen LogP contribution in [-0.4, -0.2) is 36.4 Å². The van der Waals surface area contributed by atoms with Crippen molar-refractivity contribution >= 4 is 11.6 Å². The average Bonchev–Trinajstić information content (AvgIpc) is 2.82. The van der Waals surface area contributed by atoms with E-state index in [9.17, 15) is 9.90 Å². The maximum atomic E-state index is 12.4. The van der Waals surface area contributed by atoms with Gasteiger partial charge in [-0.2, -0.15) is 0 Å². The summed E-state index contributed by atoms with van der Waals surface area (Å²) in [6, 6.07) is 22.4. The highest BCUT2D eigenvalue weighted by atomic mass is 16.5. The number of para-hydroxylation sites is 1. The van der Waals surface area contributed by atoms with Gasteiger partial charge in [-0.3, -0.25) is 4.79 Å². The zero-order valence-corrected chi connectivity index (χ0v) is 19.2. The third-order valence-electron chi connectivity index (χ3n) is 6.00. The van der Waals surface area contributed by atoms with Crippen molar-refractivity contribution in [2.24, 2.45) is 0 Å². The normalized spacial score (nSPS) is 18.7. The molecule has 3 aromatic rings. The second-order valence-corrected chi connectivity index (χ2v) is 8.75. The summed E-state index contributed by atoms with van der Waals surface area (Å²) in [6.45, 7) is 4.51. The summed E-state index contributed by atoms with van der Waals surface area (Å²) in [5.41, 5.74) is 2.75. The molecule has 1 amide bonds. The van der Waals surface area contributed by atoms with Crippen LogP contribution in [-0.2, 0) is 6.42 Å². The molecular formula is C27H30N2O4. The molecule has 0 saturated heterocycles. The molecule has 0 aliphatic carbocycles. The minimum Gasteiger partial charge on any atom is -0.497 e. The highest BCUT2D eigenvalue weighted by Crippen LogP contribution is 2.39. The minimum atomic E-state index is -0.671. The average molecular weight is 447 g/mol. The number of carbonyl (C=O) groups excluding carboxylic acids is 1. The Morgan fingerprint density at radius 3 is 2.42 bits per heavy atom. The number of hydrogen-bond acceptors (Lipinski definition) is 5. The topological polar surface area (TPSA) is 79.8 Å². The molecule has 2 unspecified atom stereocenters. The Bertz CT molecular complexity index is 1090. The summed E-state index contributed by atoms with van der Waals surface area (Å²) >= 11 is 0. The molecule has 33 heavy (non-hydrogen) atoms. The number of aliphatic hydroxyl groups excluding tert-OH is 1. The van der Waals surface area contributed by atoms with Crippen molar-refractivity contribution in [1.82, 2.24) is 5.32 Å². The van der Waals surface area contributed by atoms with Gasteiger partial charge in [0.2, 0.25) is 0 Å². The lowest BCUT2D eigenvalue weighted by Gasteiger charge is -2.42. The van der Waals surface area contributed by atoms with Crippen LogP contribution in [0.4, 0.5) is 5.69 Å². The Balaban J connectivity index is 1.34. The molecule has 0 radical (unpaired) electrons. The van der Waals surface area contributed by atoms with Gasteiger partial charge >= 0.3 is 0 Å². The fourth-order valence-corrected chi connectivity index (χ4v) is 4.04.